The van der Waals surface area contributed by atoms with E-state index in [1.165, 1.54) is 0 Å². The van der Waals surface area contributed by atoms with Crippen LogP contribution in [0, 0.1) is 6.92 Å². The van der Waals surface area contributed by atoms with Gasteiger partial charge in [0, 0.05) is 50.8 Å². The van der Waals surface area contributed by atoms with Crippen molar-refractivity contribution in [3.63, 3.8) is 0 Å². The summed E-state index contributed by atoms with van der Waals surface area (Å²) in [6, 6.07) is 10.3. The van der Waals surface area contributed by atoms with E-state index in [0.717, 1.165) is 41.4 Å². The van der Waals surface area contributed by atoms with Crippen LogP contribution in [0.2, 0.25) is 0 Å². The van der Waals surface area contributed by atoms with Gasteiger partial charge in [-0.25, -0.2) is 4.79 Å². The molecule has 1 aromatic heterocycles. The second-order valence-corrected chi connectivity index (χ2v) is 9.35. The lowest BCUT2D eigenvalue weighted by atomic mass is 10.1. The standard InChI is InChI=1S/C26H38N4O4/c1-7-32-24(33-8-2)23-10-9-20(18-27-23)28-21-15-19(3)16-22(17-21)29-11-13-30(14-12-29)25(31)34-26(4,5)6/h9-10,15-18,24,28H,7-8,11-14H2,1-6H3. The highest BCUT2D eigenvalue weighted by Crippen LogP contribution is 2.27. The zero-order valence-electron chi connectivity index (χ0n) is 21.3. The molecule has 34 heavy (non-hydrogen) atoms. The van der Waals surface area contributed by atoms with Crippen LogP contribution in [0.1, 0.15) is 52.2 Å². The normalized spacial score (nSPS) is 14.4. The smallest absolute Gasteiger partial charge is 0.410 e. The highest BCUT2D eigenvalue weighted by Gasteiger charge is 2.26. The number of nitrogens with zero attached hydrogens (tertiary/aromatic N) is 3. The molecule has 3 rings (SSSR count). The Morgan fingerprint density at radius 3 is 2.26 bits per heavy atom. The minimum atomic E-state index is -0.481. The summed E-state index contributed by atoms with van der Waals surface area (Å²) >= 11 is 0. The molecule has 186 valence electrons. The molecule has 0 saturated carbocycles. The molecule has 2 heterocycles. The Bertz CT molecular complexity index is 929. The van der Waals surface area contributed by atoms with Crippen molar-refractivity contribution < 1.29 is 19.0 Å². The molecular formula is C26H38N4O4. The average Bonchev–Trinajstić information content (AvgIpc) is 2.78. The van der Waals surface area contributed by atoms with Crippen molar-refractivity contribution in [3.05, 3.63) is 47.8 Å². The van der Waals surface area contributed by atoms with Gasteiger partial charge in [-0.05, 0) is 77.4 Å². The van der Waals surface area contributed by atoms with Crippen molar-refractivity contribution in [2.75, 3.05) is 49.6 Å². The number of carbonyl (C=O) groups excluding carboxylic acids is 1. The Morgan fingerprint density at radius 2 is 1.71 bits per heavy atom. The van der Waals surface area contributed by atoms with Gasteiger partial charge in [-0.15, -0.1) is 0 Å². The van der Waals surface area contributed by atoms with Crippen molar-refractivity contribution in [3.8, 4) is 0 Å². The molecule has 1 saturated heterocycles. The fraction of sp³-hybridized carbons (Fsp3) is 0.538. The Labute approximate surface area is 203 Å². The first kappa shape index (κ1) is 25.8. The van der Waals surface area contributed by atoms with Crippen LogP contribution in [0.5, 0.6) is 0 Å². The summed E-state index contributed by atoms with van der Waals surface area (Å²) < 4.78 is 16.8. The molecular weight excluding hydrogens is 432 g/mol. The van der Waals surface area contributed by atoms with E-state index >= 15 is 0 Å². The summed E-state index contributed by atoms with van der Waals surface area (Å²) in [5, 5.41) is 3.45. The highest BCUT2D eigenvalue weighted by atomic mass is 16.7. The molecule has 0 atom stereocenters. The molecule has 1 amide bonds. The third-order valence-corrected chi connectivity index (χ3v) is 5.31. The molecule has 1 N–H and O–H groups in total. The number of aromatic nitrogens is 1. The number of piperazine rings is 1. The first-order valence-corrected chi connectivity index (χ1v) is 12.0. The lowest BCUT2D eigenvalue weighted by molar-refractivity contribution is -0.142. The van der Waals surface area contributed by atoms with Gasteiger partial charge in [-0.1, -0.05) is 0 Å². The number of ether oxygens (including phenoxy) is 3. The number of aryl methyl sites for hydroxylation is 1. The van der Waals surface area contributed by atoms with Crippen LogP contribution in [0.3, 0.4) is 0 Å². The molecule has 0 unspecified atom stereocenters. The molecule has 0 aliphatic carbocycles. The largest absolute Gasteiger partial charge is 0.444 e. The van der Waals surface area contributed by atoms with Crippen LogP contribution in [-0.4, -0.2) is 61.0 Å². The van der Waals surface area contributed by atoms with Gasteiger partial charge in [0.1, 0.15) is 5.60 Å². The summed E-state index contributed by atoms with van der Waals surface area (Å²) in [5.41, 5.74) is 4.44. The molecule has 0 bridgehead atoms. The third-order valence-electron chi connectivity index (χ3n) is 5.31. The Balaban J connectivity index is 1.64. The predicted octanol–water partition coefficient (Wildman–Crippen LogP) is 5.26. The zero-order valence-corrected chi connectivity index (χ0v) is 21.3. The maximum absolute atomic E-state index is 12.4. The number of hydrogen-bond donors (Lipinski definition) is 1. The first-order chi connectivity index (χ1) is 16.2. The molecule has 1 fully saturated rings. The second-order valence-electron chi connectivity index (χ2n) is 9.35. The molecule has 8 heteroatoms. The van der Waals surface area contributed by atoms with E-state index in [0.29, 0.717) is 26.3 Å². The van der Waals surface area contributed by atoms with E-state index in [2.05, 4.69) is 40.3 Å². The Kier molecular flexibility index (Phi) is 8.74. The van der Waals surface area contributed by atoms with Gasteiger partial charge >= 0.3 is 6.09 Å². The van der Waals surface area contributed by atoms with E-state index in [-0.39, 0.29) is 6.09 Å². The van der Waals surface area contributed by atoms with E-state index in [1.807, 2.05) is 46.8 Å². The fourth-order valence-corrected chi connectivity index (χ4v) is 3.80. The van der Waals surface area contributed by atoms with Gasteiger partial charge in [0.2, 0.25) is 6.29 Å². The second kappa shape index (κ2) is 11.5. The van der Waals surface area contributed by atoms with Crippen LogP contribution in [0.15, 0.2) is 36.5 Å². The summed E-state index contributed by atoms with van der Waals surface area (Å²) in [6.45, 7) is 15.5. The predicted molar refractivity (Wildman–Crippen MR) is 135 cm³/mol. The van der Waals surface area contributed by atoms with Crippen LogP contribution < -0.4 is 10.2 Å². The van der Waals surface area contributed by atoms with Gasteiger partial charge in [0.05, 0.1) is 17.6 Å². The van der Waals surface area contributed by atoms with E-state index in [1.54, 1.807) is 11.1 Å². The zero-order chi connectivity index (χ0) is 24.7. The monoisotopic (exact) mass is 470 g/mol. The topological polar surface area (TPSA) is 76.2 Å². The maximum Gasteiger partial charge on any atom is 0.410 e. The number of benzene rings is 1. The highest BCUT2D eigenvalue weighted by molar-refractivity contribution is 5.69. The van der Waals surface area contributed by atoms with Gasteiger partial charge in [-0.2, -0.15) is 0 Å². The first-order valence-electron chi connectivity index (χ1n) is 12.0. The quantitative estimate of drug-likeness (QED) is 0.527. The van der Waals surface area contributed by atoms with Gasteiger partial charge < -0.3 is 29.3 Å². The number of carbonyl (C=O) groups is 1. The molecule has 0 radical (unpaired) electrons. The number of hydrogen-bond acceptors (Lipinski definition) is 7. The molecule has 0 spiro atoms. The van der Waals surface area contributed by atoms with Crippen LogP contribution in [0.4, 0.5) is 21.9 Å². The van der Waals surface area contributed by atoms with Crippen molar-refractivity contribution in [1.82, 2.24) is 9.88 Å². The van der Waals surface area contributed by atoms with Crippen molar-refractivity contribution in [2.45, 2.75) is 53.4 Å². The minimum Gasteiger partial charge on any atom is -0.444 e. The summed E-state index contributed by atoms with van der Waals surface area (Å²) in [6.07, 6.45) is 1.10. The number of nitrogens with one attached hydrogen (secondary N) is 1. The Morgan fingerprint density at radius 1 is 1.03 bits per heavy atom. The fourth-order valence-electron chi connectivity index (χ4n) is 3.80. The lowest BCUT2D eigenvalue weighted by Gasteiger charge is -2.37. The van der Waals surface area contributed by atoms with E-state index in [9.17, 15) is 4.79 Å². The van der Waals surface area contributed by atoms with Crippen molar-refractivity contribution >= 4 is 23.2 Å². The van der Waals surface area contributed by atoms with Crippen LogP contribution in [0.25, 0.3) is 0 Å². The maximum atomic E-state index is 12.4. The summed E-state index contributed by atoms with van der Waals surface area (Å²) in [7, 11) is 0. The average molecular weight is 471 g/mol. The third kappa shape index (κ3) is 7.33. The number of rotatable bonds is 8. The lowest BCUT2D eigenvalue weighted by Crippen LogP contribution is -2.50. The van der Waals surface area contributed by atoms with Crippen LogP contribution >= 0.6 is 0 Å². The number of pyridine rings is 1. The molecule has 1 aromatic carbocycles. The number of anilines is 3. The van der Waals surface area contributed by atoms with Gasteiger partial charge in [0.15, 0.2) is 0 Å². The SMILES string of the molecule is CCOC(OCC)c1ccc(Nc2cc(C)cc(N3CCN(C(=O)OC(C)(C)C)CC3)c2)cn1. The van der Waals surface area contributed by atoms with Gasteiger partial charge in [0.25, 0.3) is 0 Å². The molecule has 1 aliphatic heterocycles. The van der Waals surface area contributed by atoms with Gasteiger partial charge in [-0.3, -0.25) is 4.98 Å². The summed E-state index contributed by atoms with van der Waals surface area (Å²) in [4.78, 5) is 21.0. The number of amides is 1. The van der Waals surface area contributed by atoms with Crippen molar-refractivity contribution in [2.24, 2.45) is 0 Å². The van der Waals surface area contributed by atoms with E-state index in [4.69, 9.17) is 14.2 Å². The van der Waals surface area contributed by atoms with E-state index < -0.39 is 11.9 Å². The molecule has 1 aliphatic rings. The van der Waals surface area contributed by atoms with Crippen LogP contribution in [-0.2, 0) is 14.2 Å². The molecule has 2 aromatic rings. The summed E-state index contributed by atoms with van der Waals surface area (Å²) in [5.74, 6) is 0. The minimum absolute atomic E-state index is 0.245. The van der Waals surface area contributed by atoms with Crippen molar-refractivity contribution in [1.29, 1.82) is 0 Å². The Hall–Kier alpha value is -2.84. The molecule has 8 nitrogen and oxygen atoms in total.